The van der Waals surface area contributed by atoms with Gasteiger partial charge in [0, 0.05) is 12.8 Å². The van der Waals surface area contributed by atoms with Gasteiger partial charge >= 0.3 is 0 Å². The Morgan fingerprint density at radius 3 is 2.72 bits per heavy atom. The minimum Gasteiger partial charge on any atom is -0.489 e. The molecule has 0 saturated carbocycles. The van der Waals surface area contributed by atoms with Crippen LogP contribution in [0.4, 0.5) is 0 Å². The maximum atomic E-state index is 10.7. The first-order valence-electron chi connectivity index (χ1n) is 6.17. The third-order valence-corrected chi connectivity index (χ3v) is 3.83. The van der Waals surface area contributed by atoms with Crippen molar-refractivity contribution >= 4 is 22.2 Å². The van der Waals surface area contributed by atoms with E-state index in [-0.39, 0.29) is 5.92 Å². The molecule has 0 bridgehead atoms. The number of ether oxygens (including phenoxy) is 2. The fourth-order valence-electron chi connectivity index (χ4n) is 2.22. The van der Waals surface area contributed by atoms with Crippen LogP contribution in [-0.2, 0) is 4.79 Å². The average molecular weight is 313 g/mol. The molecule has 2 rings (SSSR count). The Hall–Kier alpha value is -1.03. The molecule has 0 amide bonds. The predicted molar refractivity (Wildman–Crippen MR) is 73.6 cm³/mol. The van der Waals surface area contributed by atoms with Gasteiger partial charge in [-0.05, 0) is 46.0 Å². The van der Waals surface area contributed by atoms with Gasteiger partial charge in [-0.1, -0.05) is 6.92 Å². The molecule has 0 aliphatic carbocycles. The molecule has 1 aromatic rings. The summed E-state index contributed by atoms with van der Waals surface area (Å²) in [4.78, 5) is 10.7. The van der Waals surface area contributed by atoms with E-state index < -0.39 is 0 Å². The van der Waals surface area contributed by atoms with Crippen molar-refractivity contribution in [2.24, 2.45) is 0 Å². The Morgan fingerprint density at radius 1 is 1.39 bits per heavy atom. The van der Waals surface area contributed by atoms with Gasteiger partial charge in [0.1, 0.15) is 6.29 Å². The van der Waals surface area contributed by atoms with Crippen molar-refractivity contribution in [3.8, 4) is 11.5 Å². The third kappa shape index (κ3) is 2.53. The van der Waals surface area contributed by atoms with Crippen LogP contribution >= 0.6 is 15.9 Å². The van der Waals surface area contributed by atoms with Crippen LogP contribution in [0.25, 0.3) is 0 Å². The summed E-state index contributed by atoms with van der Waals surface area (Å²) in [5.74, 6) is 1.79. The second-order valence-electron chi connectivity index (χ2n) is 4.58. The number of benzene rings is 1. The molecule has 1 aliphatic rings. The molecule has 3 nitrogen and oxygen atoms in total. The zero-order valence-electron chi connectivity index (χ0n) is 10.7. The second-order valence-corrected chi connectivity index (χ2v) is 5.44. The van der Waals surface area contributed by atoms with E-state index in [9.17, 15) is 4.79 Å². The standard InChI is InChI=1S/C14H17BrO3/c1-9(4-5-16)11-8-12(15)14-13(10(11)2)17-6-3-7-18-14/h5,8-9H,3-4,6-7H2,1-2H3. The molecule has 0 aromatic heterocycles. The first-order valence-corrected chi connectivity index (χ1v) is 6.96. The summed E-state index contributed by atoms with van der Waals surface area (Å²) in [5, 5.41) is 0. The smallest absolute Gasteiger partial charge is 0.175 e. The Balaban J connectivity index is 2.48. The van der Waals surface area contributed by atoms with Crippen molar-refractivity contribution in [2.75, 3.05) is 13.2 Å². The zero-order valence-corrected chi connectivity index (χ0v) is 12.2. The van der Waals surface area contributed by atoms with Gasteiger partial charge in [0.05, 0.1) is 17.7 Å². The van der Waals surface area contributed by atoms with Gasteiger partial charge in [0.15, 0.2) is 11.5 Å². The lowest BCUT2D eigenvalue weighted by molar-refractivity contribution is -0.108. The van der Waals surface area contributed by atoms with Crippen molar-refractivity contribution in [2.45, 2.75) is 32.6 Å². The quantitative estimate of drug-likeness (QED) is 0.800. The van der Waals surface area contributed by atoms with Crippen molar-refractivity contribution in [3.63, 3.8) is 0 Å². The Kier molecular flexibility index (Phi) is 4.27. The SMILES string of the molecule is Cc1c(C(C)CC=O)cc(Br)c2c1OCCCO2. The topological polar surface area (TPSA) is 35.5 Å². The first kappa shape index (κ1) is 13.4. The summed E-state index contributed by atoms with van der Waals surface area (Å²) in [5.41, 5.74) is 2.21. The largest absolute Gasteiger partial charge is 0.489 e. The maximum Gasteiger partial charge on any atom is 0.175 e. The molecule has 0 radical (unpaired) electrons. The number of halogens is 1. The summed E-state index contributed by atoms with van der Waals surface area (Å²) in [6.07, 6.45) is 2.37. The first-order chi connectivity index (χ1) is 8.65. The Bertz CT molecular complexity index is 457. The molecule has 18 heavy (non-hydrogen) atoms. The number of carbonyl (C=O) groups is 1. The highest BCUT2D eigenvalue weighted by atomic mass is 79.9. The van der Waals surface area contributed by atoms with Crippen molar-refractivity contribution in [1.29, 1.82) is 0 Å². The second kappa shape index (κ2) is 5.74. The fourth-order valence-corrected chi connectivity index (χ4v) is 2.76. The molecule has 1 heterocycles. The normalized spacial score (nSPS) is 15.9. The van der Waals surface area contributed by atoms with Crippen molar-refractivity contribution in [1.82, 2.24) is 0 Å². The maximum absolute atomic E-state index is 10.7. The molecule has 0 fully saturated rings. The van der Waals surface area contributed by atoms with Gasteiger partial charge in [-0.3, -0.25) is 0 Å². The fraction of sp³-hybridized carbons (Fsp3) is 0.500. The van der Waals surface area contributed by atoms with E-state index in [0.29, 0.717) is 19.6 Å². The van der Waals surface area contributed by atoms with E-state index in [2.05, 4.69) is 15.9 Å². The summed E-state index contributed by atoms with van der Waals surface area (Å²) >= 11 is 3.53. The molecular weight excluding hydrogens is 296 g/mol. The molecule has 1 aromatic carbocycles. The van der Waals surface area contributed by atoms with Crippen molar-refractivity contribution in [3.05, 3.63) is 21.7 Å². The summed E-state index contributed by atoms with van der Waals surface area (Å²) < 4.78 is 12.4. The molecule has 0 spiro atoms. The van der Waals surface area contributed by atoms with E-state index in [1.54, 1.807) is 0 Å². The van der Waals surface area contributed by atoms with Crippen LogP contribution < -0.4 is 9.47 Å². The predicted octanol–water partition coefficient (Wildman–Crippen LogP) is 3.61. The molecular formula is C14H17BrO3. The highest BCUT2D eigenvalue weighted by Crippen LogP contribution is 2.43. The number of hydrogen-bond donors (Lipinski definition) is 0. The molecule has 4 heteroatoms. The summed E-state index contributed by atoms with van der Waals surface area (Å²) in [6, 6.07) is 2.04. The molecule has 0 saturated heterocycles. The zero-order chi connectivity index (χ0) is 13.1. The van der Waals surface area contributed by atoms with E-state index >= 15 is 0 Å². The molecule has 1 atom stereocenters. The van der Waals surface area contributed by atoms with E-state index in [1.165, 1.54) is 0 Å². The number of fused-ring (bicyclic) bond motifs is 1. The summed E-state index contributed by atoms with van der Waals surface area (Å²) in [7, 11) is 0. The van der Waals surface area contributed by atoms with Crippen LogP contribution in [0.1, 0.15) is 36.8 Å². The minimum absolute atomic E-state index is 0.191. The summed E-state index contributed by atoms with van der Waals surface area (Å²) in [6.45, 7) is 5.42. The third-order valence-electron chi connectivity index (χ3n) is 3.24. The highest BCUT2D eigenvalue weighted by molar-refractivity contribution is 9.10. The van der Waals surface area contributed by atoms with Crippen LogP contribution in [0.5, 0.6) is 11.5 Å². The number of hydrogen-bond acceptors (Lipinski definition) is 3. The van der Waals surface area contributed by atoms with Crippen molar-refractivity contribution < 1.29 is 14.3 Å². The van der Waals surface area contributed by atoms with Gasteiger partial charge in [0.2, 0.25) is 0 Å². The number of rotatable bonds is 3. The van der Waals surface area contributed by atoms with Gasteiger partial charge in [-0.2, -0.15) is 0 Å². The Morgan fingerprint density at radius 2 is 2.06 bits per heavy atom. The molecule has 0 N–H and O–H groups in total. The van der Waals surface area contributed by atoms with Crippen LogP contribution in [-0.4, -0.2) is 19.5 Å². The molecule has 1 unspecified atom stereocenters. The lowest BCUT2D eigenvalue weighted by atomic mass is 9.93. The number of carbonyl (C=O) groups excluding carboxylic acids is 1. The highest BCUT2D eigenvalue weighted by Gasteiger charge is 2.21. The average Bonchev–Trinajstić information content (AvgIpc) is 2.60. The van der Waals surface area contributed by atoms with Gasteiger partial charge in [-0.25, -0.2) is 0 Å². The van der Waals surface area contributed by atoms with Crippen LogP contribution in [0, 0.1) is 6.92 Å². The van der Waals surface area contributed by atoms with Crippen LogP contribution in [0.15, 0.2) is 10.5 Å². The van der Waals surface area contributed by atoms with Gasteiger partial charge in [-0.15, -0.1) is 0 Å². The minimum atomic E-state index is 0.191. The van der Waals surface area contributed by atoms with E-state index in [4.69, 9.17) is 9.47 Å². The van der Waals surface area contributed by atoms with E-state index in [1.807, 2.05) is 19.9 Å². The lowest BCUT2D eigenvalue weighted by Gasteiger charge is -2.18. The van der Waals surface area contributed by atoms with Gasteiger partial charge < -0.3 is 14.3 Å². The Labute approximate surface area is 116 Å². The van der Waals surface area contributed by atoms with Crippen LogP contribution in [0.3, 0.4) is 0 Å². The van der Waals surface area contributed by atoms with Gasteiger partial charge in [0.25, 0.3) is 0 Å². The lowest BCUT2D eigenvalue weighted by Crippen LogP contribution is -2.02. The molecule has 98 valence electrons. The number of aldehydes is 1. The monoisotopic (exact) mass is 312 g/mol. The van der Waals surface area contributed by atoms with Crippen LogP contribution in [0.2, 0.25) is 0 Å². The van der Waals surface area contributed by atoms with E-state index in [0.717, 1.165) is 39.8 Å². The molecule has 1 aliphatic heterocycles.